The molecule has 0 aromatic heterocycles. The van der Waals surface area contributed by atoms with Gasteiger partial charge in [0.2, 0.25) is 0 Å². The molecule has 0 radical (unpaired) electrons. The first-order valence-electron chi connectivity index (χ1n) is 5.33. The molecule has 18 heavy (non-hydrogen) atoms. The number of hydrogen-bond donors (Lipinski definition) is 1. The number of rotatable bonds is 3. The van der Waals surface area contributed by atoms with Crippen molar-refractivity contribution in [2.75, 3.05) is 0 Å². The monoisotopic (exact) mass is 278 g/mol. The average molecular weight is 279 g/mol. The molecule has 0 saturated carbocycles. The molecule has 0 aliphatic rings. The van der Waals surface area contributed by atoms with Gasteiger partial charge in [0.25, 0.3) is 0 Å². The van der Waals surface area contributed by atoms with Crippen LogP contribution < -0.4 is 0 Å². The SMILES string of the molecule is Cc1cccc(Sc2ccc(C(=O)O)cc2Cl)c1. The quantitative estimate of drug-likeness (QED) is 0.898. The first-order valence-corrected chi connectivity index (χ1v) is 6.53. The van der Waals surface area contributed by atoms with Gasteiger partial charge in [0.15, 0.2) is 0 Å². The lowest BCUT2D eigenvalue weighted by Crippen LogP contribution is -1.95. The van der Waals surface area contributed by atoms with Gasteiger partial charge in [-0.2, -0.15) is 0 Å². The Labute approximate surface area is 115 Å². The summed E-state index contributed by atoms with van der Waals surface area (Å²) in [7, 11) is 0. The standard InChI is InChI=1S/C14H11ClO2S/c1-9-3-2-4-11(7-9)18-13-6-5-10(14(16)17)8-12(13)15/h2-8H,1H3,(H,16,17). The van der Waals surface area contributed by atoms with Crippen LogP contribution in [-0.2, 0) is 0 Å². The van der Waals surface area contributed by atoms with Crippen LogP contribution in [0.2, 0.25) is 5.02 Å². The molecule has 0 aliphatic carbocycles. The molecule has 4 heteroatoms. The van der Waals surface area contributed by atoms with Crippen LogP contribution in [0.4, 0.5) is 0 Å². The van der Waals surface area contributed by atoms with E-state index in [0.29, 0.717) is 5.02 Å². The van der Waals surface area contributed by atoms with E-state index in [1.165, 1.54) is 23.4 Å². The van der Waals surface area contributed by atoms with Crippen LogP contribution in [-0.4, -0.2) is 11.1 Å². The van der Waals surface area contributed by atoms with Crippen LogP contribution >= 0.6 is 23.4 Å². The largest absolute Gasteiger partial charge is 0.478 e. The Hall–Kier alpha value is -1.45. The van der Waals surface area contributed by atoms with Gasteiger partial charge >= 0.3 is 5.97 Å². The molecule has 1 N–H and O–H groups in total. The molecule has 0 unspecified atom stereocenters. The van der Waals surface area contributed by atoms with E-state index >= 15 is 0 Å². The Morgan fingerprint density at radius 1 is 1.22 bits per heavy atom. The van der Waals surface area contributed by atoms with Crippen LogP contribution in [0.1, 0.15) is 15.9 Å². The van der Waals surface area contributed by atoms with Crippen molar-refractivity contribution in [3.05, 3.63) is 58.6 Å². The summed E-state index contributed by atoms with van der Waals surface area (Å²) in [6, 6.07) is 12.8. The van der Waals surface area contributed by atoms with Crippen LogP contribution in [0, 0.1) is 6.92 Å². The van der Waals surface area contributed by atoms with E-state index in [0.717, 1.165) is 9.79 Å². The lowest BCUT2D eigenvalue weighted by Gasteiger charge is -2.05. The molecule has 2 aromatic carbocycles. The van der Waals surface area contributed by atoms with Gasteiger partial charge in [0, 0.05) is 9.79 Å². The molecular formula is C14H11ClO2S. The van der Waals surface area contributed by atoms with Gasteiger partial charge in [-0.05, 0) is 37.3 Å². The Kier molecular flexibility index (Phi) is 3.94. The summed E-state index contributed by atoms with van der Waals surface area (Å²) in [6.45, 7) is 2.03. The maximum Gasteiger partial charge on any atom is 0.335 e. The molecule has 0 bridgehead atoms. The summed E-state index contributed by atoms with van der Waals surface area (Å²) in [5.41, 5.74) is 1.38. The minimum Gasteiger partial charge on any atom is -0.478 e. The highest BCUT2D eigenvalue weighted by Gasteiger charge is 2.08. The van der Waals surface area contributed by atoms with Gasteiger partial charge in [0.05, 0.1) is 10.6 Å². The highest BCUT2D eigenvalue weighted by molar-refractivity contribution is 7.99. The maximum atomic E-state index is 10.8. The number of halogens is 1. The zero-order valence-corrected chi connectivity index (χ0v) is 11.3. The van der Waals surface area contributed by atoms with Gasteiger partial charge < -0.3 is 5.11 Å². The van der Waals surface area contributed by atoms with Crippen LogP contribution in [0.3, 0.4) is 0 Å². The van der Waals surface area contributed by atoms with Gasteiger partial charge in [-0.25, -0.2) is 4.79 Å². The van der Waals surface area contributed by atoms with Crippen molar-refractivity contribution in [3.8, 4) is 0 Å². The van der Waals surface area contributed by atoms with E-state index in [4.69, 9.17) is 16.7 Å². The summed E-state index contributed by atoms with van der Waals surface area (Å²) >= 11 is 7.60. The molecule has 0 spiro atoms. The summed E-state index contributed by atoms with van der Waals surface area (Å²) in [4.78, 5) is 12.7. The molecule has 0 fully saturated rings. The molecule has 2 rings (SSSR count). The predicted molar refractivity (Wildman–Crippen MR) is 73.7 cm³/mol. The lowest BCUT2D eigenvalue weighted by atomic mass is 10.2. The van der Waals surface area contributed by atoms with Crippen molar-refractivity contribution in [3.63, 3.8) is 0 Å². The second-order valence-electron chi connectivity index (χ2n) is 3.87. The molecule has 0 atom stereocenters. The minimum absolute atomic E-state index is 0.202. The van der Waals surface area contributed by atoms with Gasteiger partial charge in [-0.3, -0.25) is 0 Å². The smallest absolute Gasteiger partial charge is 0.335 e. The second-order valence-corrected chi connectivity index (χ2v) is 5.39. The van der Waals surface area contributed by atoms with Crippen molar-refractivity contribution in [1.82, 2.24) is 0 Å². The summed E-state index contributed by atoms with van der Waals surface area (Å²) in [5, 5.41) is 9.32. The second kappa shape index (κ2) is 5.46. The Bertz CT molecular complexity index is 596. The normalized spacial score (nSPS) is 10.3. The summed E-state index contributed by atoms with van der Waals surface area (Å²) in [5.74, 6) is -0.969. The zero-order valence-electron chi connectivity index (χ0n) is 9.68. The van der Waals surface area contributed by atoms with E-state index in [-0.39, 0.29) is 5.56 Å². The Morgan fingerprint density at radius 3 is 2.61 bits per heavy atom. The third-order valence-corrected chi connectivity index (χ3v) is 3.89. The molecule has 0 aliphatic heterocycles. The number of carbonyl (C=O) groups is 1. The molecule has 92 valence electrons. The Balaban J connectivity index is 2.27. The number of carboxylic acid groups (broad SMARTS) is 1. The molecule has 2 aromatic rings. The summed E-state index contributed by atoms with van der Waals surface area (Å²) in [6.07, 6.45) is 0. The molecule has 0 heterocycles. The Morgan fingerprint density at radius 2 is 2.00 bits per heavy atom. The highest BCUT2D eigenvalue weighted by atomic mass is 35.5. The number of carboxylic acids is 1. The molecule has 2 nitrogen and oxygen atoms in total. The number of benzene rings is 2. The van der Waals surface area contributed by atoms with E-state index in [1.54, 1.807) is 12.1 Å². The van der Waals surface area contributed by atoms with Crippen molar-refractivity contribution < 1.29 is 9.90 Å². The van der Waals surface area contributed by atoms with Gasteiger partial charge in [-0.15, -0.1) is 0 Å². The van der Waals surface area contributed by atoms with E-state index < -0.39 is 5.97 Å². The van der Waals surface area contributed by atoms with Crippen LogP contribution in [0.25, 0.3) is 0 Å². The minimum atomic E-state index is -0.969. The van der Waals surface area contributed by atoms with Gasteiger partial charge in [-0.1, -0.05) is 41.1 Å². The average Bonchev–Trinajstić information content (AvgIpc) is 2.31. The number of hydrogen-bond acceptors (Lipinski definition) is 2. The van der Waals surface area contributed by atoms with Crippen LogP contribution in [0.5, 0.6) is 0 Å². The van der Waals surface area contributed by atoms with Crippen LogP contribution in [0.15, 0.2) is 52.3 Å². The lowest BCUT2D eigenvalue weighted by molar-refractivity contribution is 0.0697. The fourth-order valence-electron chi connectivity index (χ4n) is 1.52. The summed E-state index contributed by atoms with van der Waals surface area (Å²) < 4.78 is 0. The fourth-order valence-corrected chi connectivity index (χ4v) is 2.76. The fraction of sp³-hybridized carbons (Fsp3) is 0.0714. The predicted octanol–water partition coefficient (Wildman–Crippen LogP) is 4.50. The molecule has 0 saturated heterocycles. The van der Waals surface area contributed by atoms with E-state index in [9.17, 15) is 4.79 Å². The number of aryl methyl sites for hydroxylation is 1. The zero-order chi connectivity index (χ0) is 13.1. The van der Waals surface area contributed by atoms with E-state index in [1.807, 2.05) is 25.1 Å². The topological polar surface area (TPSA) is 37.3 Å². The molecule has 0 amide bonds. The van der Waals surface area contributed by atoms with Crippen molar-refractivity contribution in [1.29, 1.82) is 0 Å². The van der Waals surface area contributed by atoms with Crippen molar-refractivity contribution in [2.24, 2.45) is 0 Å². The maximum absolute atomic E-state index is 10.8. The first kappa shape index (κ1) is 13.0. The first-order chi connectivity index (χ1) is 8.56. The van der Waals surface area contributed by atoms with Crippen molar-refractivity contribution >= 4 is 29.3 Å². The molecular weight excluding hydrogens is 268 g/mol. The third-order valence-electron chi connectivity index (χ3n) is 2.40. The number of aromatic carboxylic acids is 1. The third kappa shape index (κ3) is 3.06. The van der Waals surface area contributed by atoms with Gasteiger partial charge in [0.1, 0.15) is 0 Å². The highest BCUT2D eigenvalue weighted by Crippen LogP contribution is 2.34. The van der Waals surface area contributed by atoms with Crippen molar-refractivity contribution in [2.45, 2.75) is 16.7 Å². The van der Waals surface area contributed by atoms with E-state index in [2.05, 4.69) is 6.07 Å².